The number of aryl methyl sites for hydroxylation is 2. The molecule has 0 unspecified atom stereocenters. The van der Waals surface area contributed by atoms with Crippen molar-refractivity contribution in [3.8, 4) is 5.75 Å². The minimum atomic E-state index is 0.741. The third kappa shape index (κ3) is 3.15. The molecule has 1 fully saturated rings. The number of hydrogen-bond donors (Lipinski definition) is 1. The Morgan fingerprint density at radius 2 is 1.82 bits per heavy atom. The normalized spacial score (nSPS) is 17.1. The fraction of sp³-hybridized carbons (Fsp3) is 0.600. The monoisotopic (exact) mass is 233 g/mol. The second kappa shape index (κ2) is 5.44. The predicted octanol–water partition coefficient (Wildman–Crippen LogP) is 3.84. The van der Waals surface area contributed by atoms with Gasteiger partial charge in [0.25, 0.3) is 0 Å². The fourth-order valence-corrected chi connectivity index (χ4v) is 2.57. The first-order valence-electron chi connectivity index (χ1n) is 6.66. The van der Waals surface area contributed by atoms with E-state index in [0.29, 0.717) is 0 Å². The maximum atomic E-state index is 5.93. The minimum absolute atomic E-state index is 0.741. The smallest absolute Gasteiger partial charge is 0.124 e. The molecule has 0 amide bonds. The highest BCUT2D eigenvalue weighted by Crippen LogP contribution is 2.28. The van der Waals surface area contributed by atoms with Gasteiger partial charge < -0.3 is 10.5 Å². The lowest BCUT2D eigenvalue weighted by molar-refractivity contribution is 0.208. The van der Waals surface area contributed by atoms with E-state index in [2.05, 4.69) is 13.0 Å². The maximum Gasteiger partial charge on any atom is 0.124 e. The fourth-order valence-electron chi connectivity index (χ4n) is 2.57. The first kappa shape index (κ1) is 12.3. The molecule has 1 aromatic carbocycles. The Hall–Kier alpha value is -1.18. The van der Waals surface area contributed by atoms with Gasteiger partial charge >= 0.3 is 0 Å². The van der Waals surface area contributed by atoms with Gasteiger partial charge in [0.15, 0.2) is 0 Å². The highest BCUT2D eigenvalue weighted by molar-refractivity contribution is 5.54. The van der Waals surface area contributed by atoms with Gasteiger partial charge in [-0.15, -0.1) is 0 Å². The average molecular weight is 233 g/mol. The van der Waals surface area contributed by atoms with Gasteiger partial charge in [-0.05, 0) is 43.7 Å². The Morgan fingerprint density at radius 3 is 2.53 bits per heavy atom. The largest absolute Gasteiger partial charge is 0.493 e. The molecule has 0 radical (unpaired) electrons. The third-order valence-corrected chi connectivity index (χ3v) is 3.76. The van der Waals surface area contributed by atoms with Gasteiger partial charge in [0.1, 0.15) is 5.75 Å². The number of nitrogen functional groups attached to an aromatic ring is 1. The quantitative estimate of drug-likeness (QED) is 0.805. The molecular weight excluding hydrogens is 210 g/mol. The highest BCUT2D eigenvalue weighted by Gasteiger charge is 2.14. The third-order valence-electron chi connectivity index (χ3n) is 3.76. The standard InChI is InChI=1S/C15H23NO/c1-11-8-12(2)15(9-14(11)16)17-10-13-6-4-3-5-7-13/h8-9,13H,3-7,10,16H2,1-2H3. The molecule has 17 heavy (non-hydrogen) atoms. The van der Waals surface area contributed by atoms with Gasteiger partial charge in [-0.3, -0.25) is 0 Å². The van der Waals surface area contributed by atoms with E-state index in [-0.39, 0.29) is 0 Å². The molecule has 94 valence electrons. The van der Waals surface area contributed by atoms with Crippen molar-refractivity contribution in [3.63, 3.8) is 0 Å². The minimum Gasteiger partial charge on any atom is -0.493 e. The summed E-state index contributed by atoms with van der Waals surface area (Å²) >= 11 is 0. The summed E-state index contributed by atoms with van der Waals surface area (Å²) in [6.45, 7) is 4.97. The first-order chi connectivity index (χ1) is 8.16. The van der Waals surface area contributed by atoms with E-state index < -0.39 is 0 Å². The molecule has 0 saturated heterocycles. The lowest BCUT2D eigenvalue weighted by atomic mass is 9.90. The summed E-state index contributed by atoms with van der Waals surface area (Å²) in [5.41, 5.74) is 9.07. The molecular formula is C15H23NO. The Bertz CT molecular complexity index is 381. The average Bonchev–Trinajstić information content (AvgIpc) is 2.33. The summed E-state index contributed by atoms with van der Waals surface area (Å²) in [6, 6.07) is 4.07. The van der Waals surface area contributed by atoms with E-state index >= 15 is 0 Å². The molecule has 0 aliphatic heterocycles. The van der Waals surface area contributed by atoms with Crippen LogP contribution in [0.4, 0.5) is 5.69 Å². The van der Waals surface area contributed by atoms with E-state index in [1.54, 1.807) is 0 Å². The summed E-state index contributed by atoms with van der Waals surface area (Å²) in [5, 5.41) is 0. The topological polar surface area (TPSA) is 35.2 Å². The van der Waals surface area contributed by atoms with Crippen LogP contribution in [0.5, 0.6) is 5.75 Å². The van der Waals surface area contributed by atoms with Gasteiger partial charge in [0, 0.05) is 11.8 Å². The van der Waals surface area contributed by atoms with Crippen molar-refractivity contribution in [1.29, 1.82) is 0 Å². The number of nitrogens with two attached hydrogens (primary N) is 1. The van der Waals surface area contributed by atoms with Crippen LogP contribution in [0.15, 0.2) is 12.1 Å². The van der Waals surface area contributed by atoms with Crippen molar-refractivity contribution in [2.75, 3.05) is 12.3 Å². The van der Waals surface area contributed by atoms with Crippen LogP contribution in [0.25, 0.3) is 0 Å². The van der Waals surface area contributed by atoms with Crippen molar-refractivity contribution >= 4 is 5.69 Å². The molecule has 0 heterocycles. The molecule has 2 nitrogen and oxygen atoms in total. The molecule has 2 N–H and O–H groups in total. The van der Waals surface area contributed by atoms with Crippen LogP contribution in [-0.2, 0) is 0 Å². The van der Waals surface area contributed by atoms with Gasteiger partial charge in [0.2, 0.25) is 0 Å². The molecule has 1 aliphatic rings. The Morgan fingerprint density at radius 1 is 1.12 bits per heavy atom. The summed E-state index contributed by atoms with van der Waals surface area (Å²) in [4.78, 5) is 0. The number of benzene rings is 1. The molecule has 1 saturated carbocycles. The van der Waals surface area contributed by atoms with Crippen LogP contribution in [0.2, 0.25) is 0 Å². The van der Waals surface area contributed by atoms with Crippen molar-refractivity contribution in [1.82, 2.24) is 0 Å². The lowest BCUT2D eigenvalue weighted by Crippen LogP contribution is -2.15. The van der Waals surface area contributed by atoms with E-state index in [1.165, 1.54) is 37.7 Å². The van der Waals surface area contributed by atoms with Crippen molar-refractivity contribution in [3.05, 3.63) is 23.3 Å². The van der Waals surface area contributed by atoms with Gasteiger partial charge in [-0.1, -0.05) is 25.3 Å². The maximum absolute atomic E-state index is 5.93. The van der Waals surface area contributed by atoms with Crippen molar-refractivity contribution in [2.24, 2.45) is 5.92 Å². The highest BCUT2D eigenvalue weighted by atomic mass is 16.5. The van der Waals surface area contributed by atoms with Crippen LogP contribution in [0.3, 0.4) is 0 Å². The lowest BCUT2D eigenvalue weighted by Gasteiger charge is -2.22. The van der Waals surface area contributed by atoms with Gasteiger partial charge in [0.05, 0.1) is 6.61 Å². The van der Waals surface area contributed by atoms with Crippen LogP contribution < -0.4 is 10.5 Å². The van der Waals surface area contributed by atoms with Gasteiger partial charge in [-0.25, -0.2) is 0 Å². The summed E-state index contributed by atoms with van der Waals surface area (Å²) in [7, 11) is 0. The summed E-state index contributed by atoms with van der Waals surface area (Å²) in [5.74, 6) is 1.70. The van der Waals surface area contributed by atoms with Gasteiger partial charge in [-0.2, -0.15) is 0 Å². The number of ether oxygens (including phenoxy) is 1. The van der Waals surface area contributed by atoms with Crippen LogP contribution in [0.1, 0.15) is 43.2 Å². The van der Waals surface area contributed by atoms with Crippen molar-refractivity contribution in [2.45, 2.75) is 46.0 Å². The van der Waals surface area contributed by atoms with Crippen LogP contribution in [0, 0.1) is 19.8 Å². The van der Waals surface area contributed by atoms with Crippen molar-refractivity contribution < 1.29 is 4.74 Å². The first-order valence-corrected chi connectivity index (χ1v) is 6.66. The molecule has 0 bridgehead atoms. The molecule has 1 aliphatic carbocycles. The Kier molecular flexibility index (Phi) is 3.93. The van der Waals surface area contributed by atoms with E-state index in [4.69, 9.17) is 10.5 Å². The Labute approximate surface area is 104 Å². The number of anilines is 1. The molecule has 0 aromatic heterocycles. The Balaban J connectivity index is 1.96. The number of hydrogen-bond acceptors (Lipinski definition) is 2. The molecule has 1 aromatic rings. The van der Waals surface area contributed by atoms with E-state index in [0.717, 1.165) is 29.5 Å². The SMILES string of the molecule is Cc1cc(C)c(OCC2CCCCC2)cc1N. The van der Waals surface area contributed by atoms with E-state index in [9.17, 15) is 0 Å². The van der Waals surface area contributed by atoms with Crippen LogP contribution >= 0.6 is 0 Å². The van der Waals surface area contributed by atoms with E-state index in [1.807, 2.05) is 13.0 Å². The summed E-state index contributed by atoms with van der Waals surface area (Å²) in [6.07, 6.45) is 6.76. The zero-order valence-corrected chi connectivity index (χ0v) is 11.0. The molecule has 2 heteroatoms. The van der Waals surface area contributed by atoms with Crippen LogP contribution in [-0.4, -0.2) is 6.61 Å². The second-order valence-corrected chi connectivity index (χ2v) is 5.29. The molecule has 0 spiro atoms. The number of rotatable bonds is 3. The predicted molar refractivity (Wildman–Crippen MR) is 72.4 cm³/mol. The molecule has 2 rings (SSSR count). The summed E-state index contributed by atoms with van der Waals surface area (Å²) < 4.78 is 5.93. The zero-order chi connectivity index (χ0) is 12.3. The molecule has 0 atom stereocenters. The zero-order valence-electron chi connectivity index (χ0n) is 11.0. The second-order valence-electron chi connectivity index (χ2n) is 5.29.